The second kappa shape index (κ2) is 4.69. The van der Waals surface area contributed by atoms with Crippen LogP contribution in [0, 0.1) is 0 Å². The van der Waals surface area contributed by atoms with Crippen molar-refractivity contribution in [2.45, 2.75) is 6.54 Å². The van der Waals surface area contributed by atoms with Crippen LogP contribution in [0.2, 0.25) is 0 Å². The Morgan fingerprint density at radius 2 is 2.24 bits per heavy atom. The average molecular weight is 233 g/mol. The molecule has 1 aromatic heterocycles. The zero-order valence-electron chi connectivity index (χ0n) is 9.09. The molecule has 0 aliphatic rings. The Hall–Kier alpha value is -2.30. The average Bonchev–Trinajstić information content (AvgIpc) is 2.64. The van der Waals surface area contributed by atoms with Gasteiger partial charge in [-0.2, -0.15) is 0 Å². The van der Waals surface area contributed by atoms with Gasteiger partial charge in [0.2, 0.25) is 0 Å². The van der Waals surface area contributed by atoms with Gasteiger partial charge in [0.1, 0.15) is 13.2 Å². The van der Waals surface area contributed by atoms with Gasteiger partial charge in [0.15, 0.2) is 5.58 Å². The maximum absolute atomic E-state index is 11.5. The standard InChI is InChI=1S/C12H11NO4/c1-2-7-16-11(14)8-13-9-5-3-4-6-10(9)17-12(13)15/h2-6H,1,7-8H2. The van der Waals surface area contributed by atoms with Crippen LogP contribution in [0.1, 0.15) is 0 Å². The maximum atomic E-state index is 11.5. The van der Waals surface area contributed by atoms with Gasteiger partial charge in [0.05, 0.1) is 5.52 Å². The summed E-state index contributed by atoms with van der Waals surface area (Å²) in [4.78, 5) is 22.9. The van der Waals surface area contributed by atoms with Crippen LogP contribution in [0.3, 0.4) is 0 Å². The highest BCUT2D eigenvalue weighted by molar-refractivity contribution is 5.76. The van der Waals surface area contributed by atoms with Gasteiger partial charge in [0.25, 0.3) is 0 Å². The minimum atomic E-state index is -0.568. The van der Waals surface area contributed by atoms with Gasteiger partial charge in [-0.3, -0.25) is 9.36 Å². The number of ether oxygens (including phenoxy) is 1. The first-order valence-corrected chi connectivity index (χ1v) is 5.07. The molecular formula is C12H11NO4. The lowest BCUT2D eigenvalue weighted by atomic mass is 10.3. The number of esters is 1. The highest BCUT2D eigenvalue weighted by atomic mass is 16.5. The van der Waals surface area contributed by atoms with E-state index in [1.54, 1.807) is 24.3 Å². The monoisotopic (exact) mass is 233 g/mol. The topological polar surface area (TPSA) is 61.4 Å². The third-order valence-corrected chi connectivity index (χ3v) is 2.22. The normalized spacial score (nSPS) is 10.4. The molecule has 0 saturated heterocycles. The van der Waals surface area contributed by atoms with Crippen LogP contribution in [0.5, 0.6) is 0 Å². The molecule has 0 radical (unpaired) electrons. The Morgan fingerprint density at radius 3 is 3.00 bits per heavy atom. The van der Waals surface area contributed by atoms with Crippen molar-refractivity contribution in [3.05, 3.63) is 47.5 Å². The summed E-state index contributed by atoms with van der Waals surface area (Å²) in [5, 5.41) is 0. The molecule has 0 N–H and O–H groups in total. The van der Waals surface area contributed by atoms with Crippen molar-refractivity contribution >= 4 is 17.1 Å². The number of rotatable bonds is 4. The summed E-state index contributed by atoms with van der Waals surface area (Å²) in [5.74, 6) is -1.07. The van der Waals surface area contributed by atoms with E-state index in [4.69, 9.17) is 9.15 Å². The number of benzene rings is 1. The minimum Gasteiger partial charge on any atom is -0.460 e. The number of carbonyl (C=O) groups is 1. The number of aromatic nitrogens is 1. The van der Waals surface area contributed by atoms with E-state index in [0.717, 1.165) is 0 Å². The smallest absolute Gasteiger partial charge is 0.420 e. The number of para-hydroxylation sites is 2. The van der Waals surface area contributed by atoms with E-state index in [0.29, 0.717) is 11.1 Å². The molecule has 1 heterocycles. The lowest BCUT2D eigenvalue weighted by molar-refractivity contribution is -0.143. The molecule has 2 rings (SSSR count). The van der Waals surface area contributed by atoms with Crippen LogP contribution >= 0.6 is 0 Å². The minimum absolute atomic E-state index is 0.128. The van der Waals surface area contributed by atoms with Gasteiger partial charge >= 0.3 is 11.7 Å². The van der Waals surface area contributed by atoms with Crippen LogP contribution in [0.4, 0.5) is 0 Å². The van der Waals surface area contributed by atoms with Crippen LogP contribution in [-0.4, -0.2) is 17.1 Å². The SMILES string of the molecule is C=CCOC(=O)Cn1c(=O)oc2ccccc21. The van der Waals surface area contributed by atoms with Gasteiger partial charge in [-0.1, -0.05) is 24.8 Å². The Morgan fingerprint density at radius 1 is 1.47 bits per heavy atom. The molecule has 0 bridgehead atoms. The predicted molar refractivity (Wildman–Crippen MR) is 61.6 cm³/mol. The second-order valence-electron chi connectivity index (χ2n) is 3.39. The first kappa shape index (κ1) is 11.2. The van der Waals surface area contributed by atoms with Crippen molar-refractivity contribution in [1.29, 1.82) is 0 Å². The Bertz CT molecular complexity index is 608. The Balaban J connectivity index is 2.29. The van der Waals surface area contributed by atoms with E-state index < -0.39 is 11.7 Å². The van der Waals surface area contributed by atoms with E-state index in [9.17, 15) is 9.59 Å². The first-order valence-electron chi connectivity index (χ1n) is 5.07. The third kappa shape index (κ3) is 2.28. The molecule has 0 atom stereocenters. The summed E-state index contributed by atoms with van der Waals surface area (Å²) in [6.07, 6.45) is 1.47. The summed E-state index contributed by atoms with van der Waals surface area (Å²) < 4.78 is 11.0. The lowest BCUT2D eigenvalue weighted by Gasteiger charge is -2.02. The van der Waals surface area contributed by atoms with Crippen LogP contribution < -0.4 is 5.76 Å². The molecule has 0 saturated carbocycles. The van der Waals surface area contributed by atoms with E-state index in [2.05, 4.69) is 6.58 Å². The molecule has 1 aromatic carbocycles. The summed E-state index contributed by atoms with van der Waals surface area (Å²) >= 11 is 0. The van der Waals surface area contributed by atoms with E-state index in [1.165, 1.54) is 10.6 Å². The molecule has 0 aliphatic carbocycles. The van der Waals surface area contributed by atoms with Gasteiger partial charge in [-0.15, -0.1) is 0 Å². The van der Waals surface area contributed by atoms with Crippen molar-refractivity contribution in [2.75, 3.05) is 6.61 Å². The van der Waals surface area contributed by atoms with Crippen molar-refractivity contribution in [3.63, 3.8) is 0 Å². The van der Waals surface area contributed by atoms with Crippen molar-refractivity contribution in [1.82, 2.24) is 4.57 Å². The molecule has 5 nitrogen and oxygen atoms in total. The molecule has 2 aromatic rings. The van der Waals surface area contributed by atoms with Crippen molar-refractivity contribution in [3.8, 4) is 0 Å². The fourth-order valence-corrected chi connectivity index (χ4v) is 1.49. The number of fused-ring (bicyclic) bond motifs is 1. The van der Waals surface area contributed by atoms with Gasteiger partial charge in [-0.25, -0.2) is 4.79 Å². The lowest BCUT2D eigenvalue weighted by Crippen LogP contribution is -2.21. The first-order chi connectivity index (χ1) is 8.22. The molecule has 0 unspecified atom stereocenters. The molecule has 0 spiro atoms. The number of hydrogen-bond donors (Lipinski definition) is 0. The van der Waals surface area contributed by atoms with Gasteiger partial charge < -0.3 is 9.15 Å². The quantitative estimate of drug-likeness (QED) is 0.590. The molecule has 0 amide bonds. The molecule has 17 heavy (non-hydrogen) atoms. The van der Waals surface area contributed by atoms with Crippen LogP contribution in [0.15, 0.2) is 46.1 Å². The fourth-order valence-electron chi connectivity index (χ4n) is 1.49. The number of oxazole rings is 1. The summed E-state index contributed by atoms with van der Waals surface area (Å²) in [6.45, 7) is 3.40. The molecular weight excluding hydrogens is 222 g/mol. The van der Waals surface area contributed by atoms with E-state index in [-0.39, 0.29) is 13.2 Å². The largest absolute Gasteiger partial charge is 0.460 e. The van der Waals surface area contributed by atoms with Crippen molar-refractivity contribution in [2.24, 2.45) is 0 Å². The highest BCUT2D eigenvalue weighted by Gasteiger charge is 2.12. The zero-order chi connectivity index (χ0) is 12.3. The third-order valence-electron chi connectivity index (χ3n) is 2.22. The van der Waals surface area contributed by atoms with Crippen molar-refractivity contribution < 1.29 is 13.9 Å². The van der Waals surface area contributed by atoms with E-state index in [1.807, 2.05) is 0 Å². The van der Waals surface area contributed by atoms with E-state index >= 15 is 0 Å². The molecule has 0 fully saturated rings. The molecule has 0 aliphatic heterocycles. The Labute approximate surface area is 96.9 Å². The predicted octanol–water partition coefficient (Wildman–Crippen LogP) is 1.32. The Kier molecular flexibility index (Phi) is 3.09. The van der Waals surface area contributed by atoms with Gasteiger partial charge in [0, 0.05) is 0 Å². The maximum Gasteiger partial charge on any atom is 0.420 e. The number of carbonyl (C=O) groups excluding carboxylic acids is 1. The fraction of sp³-hybridized carbons (Fsp3) is 0.167. The zero-order valence-corrected chi connectivity index (χ0v) is 9.09. The summed E-state index contributed by atoms with van der Waals surface area (Å²) in [5.41, 5.74) is 1.03. The summed E-state index contributed by atoms with van der Waals surface area (Å²) in [6, 6.07) is 6.90. The van der Waals surface area contributed by atoms with Crippen LogP contribution in [-0.2, 0) is 16.1 Å². The number of hydrogen-bond acceptors (Lipinski definition) is 4. The summed E-state index contributed by atoms with van der Waals surface area (Å²) in [7, 11) is 0. The number of nitrogens with zero attached hydrogens (tertiary/aromatic N) is 1. The highest BCUT2D eigenvalue weighted by Crippen LogP contribution is 2.11. The second-order valence-corrected chi connectivity index (χ2v) is 3.39. The van der Waals surface area contributed by atoms with Gasteiger partial charge in [-0.05, 0) is 12.1 Å². The van der Waals surface area contributed by atoms with Crippen LogP contribution in [0.25, 0.3) is 11.1 Å². The molecule has 5 heteroatoms. The molecule has 88 valence electrons.